The van der Waals surface area contributed by atoms with E-state index in [1.807, 2.05) is 13.8 Å². The summed E-state index contributed by atoms with van der Waals surface area (Å²) in [5.74, 6) is 0. The smallest absolute Gasteiger partial charge is 0.315 e. The molecular formula is C11H23N3O. The molecule has 0 bridgehead atoms. The highest BCUT2D eigenvalue weighted by Crippen LogP contribution is 2.25. The largest absolute Gasteiger partial charge is 0.336 e. The van der Waals surface area contributed by atoms with E-state index in [0.29, 0.717) is 6.04 Å². The van der Waals surface area contributed by atoms with Gasteiger partial charge in [0.25, 0.3) is 0 Å². The number of hydrogen-bond donors (Lipinski definition) is 3. The molecule has 0 atom stereocenters. The first-order valence-electron chi connectivity index (χ1n) is 5.75. The fourth-order valence-corrected chi connectivity index (χ4v) is 1.91. The molecule has 88 valence electrons. The van der Waals surface area contributed by atoms with Crippen LogP contribution in [0, 0.1) is 0 Å². The number of nitrogens with one attached hydrogen (secondary N) is 2. The molecule has 0 unspecified atom stereocenters. The molecule has 0 aromatic heterocycles. The third kappa shape index (κ3) is 4.51. The van der Waals surface area contributed by atoms with Gasteiger partial charge in [0.15, 0.2) is 0 Å². The van der Waals surface area contributed by atoms with E-state index in [1.54, 1.807) is 0 Å². The van der Waals surface area contributed by atoms with Crippen LogP contribution in [0.4, 0.5) is 4.79 Å². The molecule has 0 radical (unpaired) electrons. The minimum Gasteiger partial charge on any atom is -0.336 e. The Balaban J connectivity index is 2.27. The van der Waals surface area contributed by atoms with Gasteiger partial charge in [-0.15, -0.1) is 0 Å². The summed E-state index contributed by atoms with van der Waals surface area (Å²) < 4.78 is 0. The van der Waals surface area contributed by atoms with Crippen molar-refractivity contribution in [3.63, 3.8) is 0 Å². The first-order valence-corrected chi connectivity index (χ1v) is 5.75. The average Bonchev–Trinajstić information content (AvgIpc) is 2.07. The van der Waals surface area contributed by atoms with Gasteiger partial charge in [-0.2, -0.15) is 0 Å². The van der Waals surface area contributed by atoms with Crippen LogP contribution in [0.1, 0.15) is 46.5 Å². The van der Waals surface area contributed by atoms with Crippen molar-refractivity contribution in [2.45, 2.75) is 64.1 Å². The molecule has 4 heteroatoms. The van der Waals surface area contributed by atoms with Gasteiger partial charge in [0.05, 0.1) is 0 Å². The normalized spacial score (nSPS) is 31.4. The highest BCUT2D eigenvalue weighted by atomic mass is 16.2. The lowest BCUT2D eigenvalue weighted by atomic mass is 9.82. The Bertz CT molecular complexity index is 216. The number of amides is 2. The predicted octanol–water partition coefficient (Wildman–Crippen LogP) is 1.35. The number of nitrogens with two attached hydrogens (primary N) is 1. The molecule has 1 fully saturated rings. The van der Waals surface area contributed by atoms with Crippen LogP contribution in [-0.2, 0) is 0 Å². The quantitative estimate of drug-likeness (QED) is 0.648. The van der Waals surface area contributed by atoms with Crippen molar-refractivity contribution in [1.29, 1.82) is 0 Å². The van der Waals surface area contributed by atoms with Gasteiger partial charge in [0.1, 0.15) is 0 Å². The van der Waals surface area contributed by atoms with Crippen LogP contribution in [-0.4, -0.2) is 23.7 Å². The highest BCUT2D eigenvalue weighted by Gasteiger charge is 2.27. The van der Waals surface area contributed by atoms with Gasteiger partial charge in [-0.1, -0.05) is 0 Å². The van der Waals surface area contributed by atoms with E-state index in [1.165, 1.54) is 0 Å². The van der Waals surface area contributed by atoms with E-state index in [2.05, 4.69) is 17.6 Å². The van der Waals surface area contributed by atoms with E-state index < -0.39 is 0 Å². The molecule has 4 N–H and O–H groups in total. The number of rotatable bonds is 2. The van der Waals surface area contributed by atoms with Crippen molar-refractivity contribution in [3.05, 3.63) is 0 Å². The zero-order valence-electron chi connectivity index (χ0n) is 9.97. The van der Waals surface area contributed by atoms with Gasteiger partial charge in [0.2, 0.25) is 0 Å². The fraction of sp³-hybridized carbons (Fsp3) is 0.909. The number of hydrogen-bond acceptors (Lipinski definition) is 2. The molecule has 1 rings (SSSR count). The Morgan fingerprint density at radius 3 is 2.40 bits per heavy atom. The second kappa shape index (κ2) is 4.84. The Kier molecular flexibility index (Phi) is 3.97. The van der Waals surface area contributed by atoms with Crippen LogP contribution in [0.15, 0.2) is 0 Å². The third-order valence-corrected chi connectivity index (χ3v) is 2.88. The van der Waals surface area contributed by atoms with Crippen molar-refractivity contribution < 1.29 is 4.79 Å². The van der Waals surface area contributed by atoms with E-state index in [-0.39, 0.29) is 17.6 Å². The van der Waals surface area contributed by atoms with E-state index in [9.17, 15) is 4.79 Å². The lowest BCUT2D eigenvalue weighted by Gasteiger charge is -2.34. The van der Waals surface area contributed by atoms with Gasteiger partial charge < -0.3 is 16.4 Å². The van der Waals surface area contributed by atoms with Crippen molar-refractivity contribution in [1.82, 2.24) is 10.6 Å². The molecule has 2 amide bonds. The van der Waals surface area contributed by atoms with E-state index >= 15 is 0 Å². The molecule has 0 heterocycles. The van der Waals surface area contributed by atoms with E-state index in [4.69, 9.17) is 5.73 Å². The van der Waals surface area contributed by atoms with Crippen molar-refractivity contribution in [2.24, 2.45) is 5.73 Å². The monoisotopic (exact) mass is 213 g/mol. The summed E-state index contributed by atoms with van der Waals surface area (Å²) in [7, 11) is 0. The maximum Gasteiger partial charge on any atom is 0.315 e. The van der Waals surface area contributed by atoms with Crippen LogP contribution in [0.5, 0.6) is 0 Å². The minimum atomic E-state index is -0.0596. The van der Waals surface area contributed by atoms with Gasteiger partial charge in [-0.05, 0) is 46.5 Å². The van der Waals surface area contributed by atoms with Crippen LogP contribution in [0.3, 0.4) is 0 Å². The average molecular weight is 213 g/mol. The van der Waals surface area contributed by atoms with Gasteiger partial charge in [-0.25, -0.2) is 4.79 Å². The van der Waals surface area contributed by atoms with Crippen LogP contribution >= 0.6 is 0 Å². The van der Waals surface area contributed by atoms with E-state index in [0.717, 1.165) is 25.7 Å². The zero-order chi connectivity index (χ0) is 11.5. The summed E-state index contributed by atoms with van der Waals surface area (Å²) >= 11 is 0. The lowest BCUT2D eigenvalue weighted by molar-refractivity contribution is 0.221. The van der Waals surface area contributed by atoms with Gasteiger partial charge >= 0.3 is 6.03 Å². The number of urea groups is 1. The molecular weight excluding hydrogens is 190 g/mol. The molecule has 15 heavy (non-hydrogen) atoms. The Morgan fingerprint density at radius 2 is 1.93 bits per heavy atom. The Labute approximate surface area is 92.0 Å². The SMILES string of the molecule is CC(C)NC(=O)NC1CCC(C)(N)CC1. The number of carbonyl (C=O) groups is 1. The minimum absolute atomic E-state index is 0.0350. The Morgan fingerprint density at radius 1 is 1.40 bits per heavy atom. The fourth-order valence-electron chi connectivity index (χ4n) is 1.91. The lowest BCUT2D eigenvalue weighted by Crippen LogP contribution is -2.49. The zero-order valence-corrected chi connectivity index (χ0v) is 9.97. The second-order valence-corrected chi connectivity index (χ2v) is 5.20. The Hall–Kier alpha value is -0.770. The number of carbonyl (C=O) groups excluding carboxylic acids is 1. The summed E-state index contributed by atoms with van der Waals surface area (Å²) in [5, 5.41) is 5.81. The van der Waals surface area contributed by atoms with Crippen molar-refractivity contribution >= 4 is 6.03 Å². The molecule has 1 saturated carbocycles. The molecule has 0 aliphatic heterocycles. The summed E-state index contributed by atoms with van der Waals surface area (Å²) in [5.41, 5.74) is 5.99. The maximum absolute atomic E-state index is 11.4. The van der Waals surface area contributed by atoms with Crippen LogP contribution < -0.4 is 16.4 Å². The first kappa shape index (κ1) is 12.3. The molecule has 1 aliphatic rings. The molecule has 0 aromatic rings. The van der Waals surface area contributed by atoms with Crippen LogP contribution in [0.2, 0.25) is 0 Å². The van der Waals surface area contributed by atoms with Gasteiger partial charge in [-0.3, -0.25) is 0 Å². The van der Waals surface area contributed by atoms with Crippen molar-refractivity contribution in [3.8, 4) is 0 Å². The summed E-state index contributed by atoms with van der Waals surface area (Å²) in [6.45, 7) is 5.99. The second-order valence-electron chi connectivity index (χ2n) is 5.20. The summed E-state index contributed by atoms with van der Waals surface area (Å²) in [6.07, 6.45) is 3.94. The standard InChI is InChI=1S/C11H23N3O/c1-8(2)13-10(15)14-9-4-6-11(3,12)7-5-9/h8-9H,4-7,12H2,1-3H3,(H2,13,14,15). The molecule has 0 spiro atoms. The first-order chi connectivity index (χ1) is 6.89. The summed E-state index contributed by atoms with van der Waals surface area (Å²) in [4.78, 5) is 11.4. The molecule has 0 saturated heterocycles. The molecule has 1 aliphatic carbocycles. The molecule has 4 nitrogen and oxygen atoms in total. The topological polar surface area (TPSA) is 67.2 Å². The summed E-state index contributed by atoms with van der Waals surface area (Å²) in [6, 6.07) is 0.421. The third-order valence-electron chi connectivity index (χ3n) is 2.88. The predicted molar refractivity (Wildman–Crippen MR) is 61.7 cm³/mol. The maximum atomic E-state index is 11.4. The van der Waals surface area contributed by atoms with Crippen LogP contribution in [0.25, 0.3) is 0 Å². The highest BCUT2D eigenvalue weighted by molar-refractivity contribution is 5.74. The van der Waals surface area contributed by atoms with Crippen molar-refractivity contribution in [2.75, 3.05) is 0 Å². The molecule has 0 aromatic carbocycles. The van der Waals surface area contributed by atoms with Gasteiger partial charge in [0, 0.05) is 17.6 Å².